The second-order valence-electron chi connectivity index (χ2n) is 8.48. The minimum absolute atomic E-state index is 0.128. The van der Waals surface area contributed by atoms with E-state index < -0.39 is 0 Å². The minimum Gasteiger partial charge on any atom is -0.497 e. The van der Waals surface area contributed by atoms with E-state index in [4.69, 9.17) is 21.4 Å². The van der Waals surface area contributed by atoms with Gasteiger partial charge in [-0.05, 0) is 56.3 Å². The number of rotatable bonds is 8. The van der Waals surface area contributed by atoms with E-state index in [-0.39, 0.29) is 24.4 Å². The second-order valence-corrected chi connectivity index (χ2v) is 8.91. The van der Waals surface area contributed by atoms with Crippen molar-refractivity contribution in [1.82, 2.24) is 14.7 Å². The van der Waals surface area contributed by atoms with Crippen LogP contribution in [0.4, 0.5) is 5.82 Å². The van der Waals surface area contributed by atoms with Crippen LogP contribution < -0.4 is 10.1 Å². The first-order valence-corrected chi connectivity index (χ1v) is 11.9. The fourth-order valence-corrected chi connectivity index (χ4v) is 3.94. The number of amides is 2. The first kappa shape index (κ1) is 25.0. The topological polar surface area (TPSA) is 76.5 Å². The molecule has 4 rings (SSSR count). The van der Waals surface area contributed by atoms with Gasteiger partial charge in [-0.1, -0.05) is 48.0 Å². The van der Waals surface area contributed by atoms with Crippen molar-refractivity contribution in [2.45, 2.75) is 19.9 Å². The van der Waals surface area contributed by atoms with Crippen LogP contribution in [-0.4, -0.2) is 46.2 Å². The number of nitrogens with one attached hydrogen (secondary N) is 1. The summed E-state index contributed by atoms with van der Waals surface area (Å²) < 4.78 is 6.93. The normalized spacial score (nSPS) is 10.8. The third kappa shape index (κ3) is 5.75. The summed E-state index contributed by atoms with van der Waals surface area (Å²) in [6.45, 7) is 3.60. The van der Waals surface area contributed by atoms with Gasteiger partial charge in [-0.15, -0.1) is 0 Å². The largest absolute Gasteiger partial charge is 0.497 e. The summed E-state index contributed by atoms with van der Waals surface area (Å²) in [6.07, 6.45) is 0. The lowest BCUT2D eigenvalue weighted by atomic mass is 10.1. The molecule has 1 N–H and O–H groups in total. The van der Waals surface area contributed by atoms with Crippen LogP contribution in [0.25, 0.3) is 16.9 Å². The fraction of sp³-hybridized carbons (Fsp3) is 0.179. The Hall–Kier alpha value is -4.10. The highest BCUT2D eigenvalue weighted by molar-refractivity contribution is 6.31. The Balaban J connectivity index is 1.61. The zero-order chi connectivity index (χ0) is 25.7. The molecule has 184 valence electrons. The van der Waals surface area contributed by atoms with Gasteiger partial charge in [0.25, 0.3) is 5.91 Å². The maximum Gasteiger partial charge on any atom is 0.254 e. The predicted octanol–water partition coefficient (Wildman–Crippen LogP) is 5.69. The molecule has 0 aliphatic carbocycles. The first-order valence-electron chi connectivity index (χ1n) is 11.5. The molecule has 7 nitrogen and oxygen atoms in total. The van der Waals surface area contributed by atoms with Crippen molar-refractivity contribution < 1.29 is 14.3 Å². The molecule has 0 fully saturated rings. The fourth-order valence-electron chi connectivity index (χ4n) is 3.75. The Morgan fingerprint density at radius 1 is 1.00 bits per heavy atom. The highest BCUT2D eigenvalue weighted by Gasteiger charge is 2.23. The van der Waals surface area contributed by atoms with Crippen molar-refractivity contribution in [1.29, 1.82) is 0 Å². The molecule has 0 spiro atoms. The molecule has 0 atom stereocenters. The third-order valence-corrected chi connectivity index (χ3v) is 5.87. The second kappa shape index (κ2) is 11.1. The van der Waals surface area contributed by atoms with Gasteiger partial charge < -0.3 is 15.0 Å². The number of nitrogens with zero attached hydrogens (tertiary/aromatic N) is 3. The molecule has 4 aromatic rings. The highest BCUT2D eigenvalue weighted by atomic mass is 35.5. The Morgan fingerprint density at radius 2 is 1.72 bits per heavy atom. The molecule has 1 aromatic heterocycles. The molecule has 0 saturated heterocycles. The SMILES string of the molecule is COc1ccc(-n2nc(-c3ccccc3)cc2NC(=O)CN(C(=O)c2cccc(Cl)c2)C(C)C)cc1. The van der Waals surface area contributed by atoms with Crippen molar-refractivity contribution in [3.05, 3.63) is 95.5 Å². The van der Waals surface area contributed by atoms with Crippen molar-refractivity contribution >= 4 is 29.2 Å². The molecule has 0 aliphatic rings. The predicted molar refractivity (Wildman–Crippen MR) is 142 cm³/mol. The maximum atomic E-state index is 13.2. The van der Waals surface area contributed by atoms with E-state index >= 15 is 0 Å². The van der Waals surface area contributed by atoms with Gasteiger partial charge in [0.05, 0.1) is 18.5 Å². The van der Waals surface area contributed by atoms with Crippen LogP contribution in [-0.2, 0) is 4.79 Å². The van der Waals surface area contributed by atoms with Crippen LogP contribution in [0.3, 0.4) is 0 Å². The van der Waals surface area contributed by atoms with Crippen LogP contribution in [0.5, 0.6) is 5.75 Å². The van der Waals surface area contributed by atoms with E-state index in [2.05, 4.69) is 5.32 Å². The monoisotopic (exact) mass is 502 g/mol. The molecular formula is C28H27ClN4O3. The number of aromatic nitrogens is 2. The molecule has 36 heavy (non-hydrogen) atoms. The van der Waals surface area contributed by atoms with Crippen LogP contribution in [0, 0.1) is 0 Å². The van der Waals surface area contributed by atoms with Gasteiger partial charge in [0.2, 0.25) is 5.91 Å². The molecule has 1 heterocycles. The molecule has 0 saturated carbocycles. The van der Waals surface area contributed by atoms with Crippen molar-refractivity contribution in [2.75, 3.05) is 19.0 Å². The van der Waals surface area contributed by atoms with Crippen LogP contribution in [0.15, 0.2) is 84.9 Å². The summed E-state index contributed by atoms with van der Waals surface area (Å²) in [7, 11) is 1.60. The van der Waals surface area contributed by atoms with Gasteiger partial charge in [0.15, 0.2) is 0 Å². The summed E-state index contributed by atoms with van der Waals surface area (Å²) in [5.41, 5.74) is 2.81. The number of hydrogen-bond acceptors (Lipinski definition) is 4. The van der Waals surface area contributed by atoms with Gasteiger partial charge >= 0.3 is 0 Å². The molecule has 0 bridgehead atoms. The molecule has 3 aromatic carbocycles. The summed E-state index contributed by atoms with van der Waals surface area (Å²) in [5.74, 6) is 0.597. The molecule has 8 heteroatoms. The number of carbonyl (C=O) groups is 2. The number of ether oxygens (including phenoxy) is 1. The third-order valence-electron chi connectivity index (χ3n) is 5.63. The van der Waals surface area contributed by atoms with E-state index in [0.29, 0.717) is 27.8 Å². The van der Waals surface area contributed by atoms with Gasteiger partial charge in [-0.2, -0.15) is 5.10 Å². The molecular weight excluding hydrogens is 476 g/mol. The smallest absolute Gasteiger partial charge is 0.254 e. The average molecular weight is 503 g/mol. The quantitative estimate of drug-likeness (QED) is 0.336. The summed E-state index contributed by atoms with van der Waals surface area (Å²) in [4.78, 5) is 27.8. The zero-order valence-corrected chi connectivity index (χ0v) is 21.1. The Labute approximate surface area is 215 Å². The maximum absolute atomic E-state index is 13.2. The Bertz CT molecular complexity index is 1350. The summed E-state index contributed by atoms with van der Waals surface area (Å²) in [6, 6.07) is 25.4. The molecule has 2 amide bonds. The van der Waals surface area contributed by atoms with E-state index in [1.54, 1.807) is 36.1 Å². The standard InChI is InChI=1S/C28H27ClN4O3/c1-19(2)32(28(35)21-10-7-11-22(29)16-21)18-27(34)30-26-17-25(20-8-5-4-6-9-20)31-33(26)23-12-14-24(36-3)15-13-23/h4-17,19H,18H2,1-3H3,(H,30,34). The zero-order valence-electron chi connectivity index (χ0n) is 20.3. The van der Waals surface area contributed by atoms with E-state index in [1.807, 2.05) is 74.5 Å². The summed E-state index contributed by atoms with van der Waals surface area (Å²) in [5, 5.41) is 8.14. The number of hydrogen-bond donors (Lipinski definition) is 1. The summed E-state index contributed by atoms with van der Waals surface area (Å²) >= 11 is 6.07. The van der Waals surface area contributed by atoms with Crippen LogP contribution >= 0.6 is 11.6 Å². The first-order chi connectivity index (χ1) is 17.4. The van der Waals surface area contributed by atoms with Crippen molar-refractivity contribution in [3.8, 4) is 22.7 Å². The van der Waals surface area contributed by atoms with Crippen molar-refractivity contribution in [2.24, 2.45) is 0 Å². The van der Waals surface area contributed by atoms with E-state index in [0.717, 1.165) is 11.3 Å². The van der Waals surface area contributed by atoms with Gasteiger partial charge in [-0.3, -0.25) is 9.59 Å². The van der Waals surface area contributed by atoms with Crippen molar-refractivity contribution in [3.63, 3.8) is 0 Å². The molecule has 0 unspecified atom stereocenters. The van der Waals surface area contributed by atoms with Crippen LogP contribution in [0.2, 0.25) is 5.02 Å². The number of carbonyl (C=O) groups excluding carboxylic acids is 2. The Kier molecular flexibility index (Phi) is 7.71. The highest BCUT2D eigenvalue weighted by Crippen LogP contribution is 2.26. The number of methoxy groups -OCH3 is 1. The number of anilines is 1. The Morgan fingerprint density at radius 3 is 2.36 bits per heavy atom. The molecule has 0 aliphatic heterocycles. The van der Waals surface area contributed by atoms with E-state index in [9.17, 15) is 9.59 Å². The number of halogens is 1. The van der Waals surface area contributed by atoms with Crippen LogP contribution in [0.1, 0.15) is 24.2 Å². The van der Waals surface area contributed by atoms with Gasteiger partial charge in [0.1, 0.15) is 18.1 Å². The minimum atomic E-state index is -0.339. The van der Waals surface area contributed by atoms with Gasteiger partial charge in [-0.25, -0.2) is 4.68 Å². The average Bonchev–Trinajstić information content (AvgIpc) is 3.31. The van der Waals surface area contributed by atoms with Gasteiger partial charge in [0, 0.05) is 28.3 Å². The van der Waals surface area contributed by atoms with E-state index in [1.165, 1.54) is 4.90 Å². The molecule has 0 radical (unpaired) electrons. The lowest BCUT2D eigenvalue weighted by Gasteiger charge is -2.26. The lowest BCUT2D eigenvalue weighted by molar-refractivity contribution is -0.117. The number of benzene rings is 3. The lowest BCUT2D eigenvalue weighted by Crippen LogP contribution is -2.42.